The summed E-state index contributed by atoms with van der Waals surface area (Å²) < 4.78 is 5.53. The van der Waals surface area contributed by atoms with E-state index >= 15 is 0 Å². The number of likely N-dealkylation sites (tertiary alicyclic amines) is 1. The molecule has 5 rings (SSSR count). The first-order chi connectivity index (χ1) is 14.3. The van der Waals surface area contributed by atoms with Crippen LogP contribution >= 0.6 is 0 Å². The summed E-state index contributed by atoms with van der Waals surface area (Å²) >= 11 is 0. The molecule has 1 N–H and O–H groups in total. The van der Waals surface area contributed by atoms with Crippen molar-refractivity contribution in [2.24, 2.45) is 5.92 Å². The van der Waals surface area contributed by atoms with Gasteiger partial charge in [0.25, 0.3) is 0 Å². The number of nitrogens with one attached hydrogen (secondary N) is 1. The van der Waals surface area contributed by atoms with Crippen molar-refractivity contribution in [2.45, 2.75) is 25.3 Å². The van der Waals surface area contributed by atoms with Gasteiger partial charge >= 0.3 is 0 Å². The Morgan fingerprint density at radius 1 is 1.03 bits per heavy atom. The molecule has 1 unspecified atom stereocenters. The maximum Gasteiger partial charge on any atom is 0.163 e. The standard InChI is InChI=1S/C23H27N5O/c1-2-6-21-20(5-1)23(27-22(26-21)18-4-3-10-24-14-18)25-19-7-11-28(12-8-19)15-17-9-13-29-16-17/h1-6,10,14,17,19H,7-9,11-13,15-16H2,(H,25,26,27). The lowest BCUT2D eigenvalue weighted by molar-refractivity contribution is 0.154. The minimum absolute atomic E-state index is 0.436. The topological polar surface area (TPSA) is 63.2 Å². The van der Waals surface area contributed by atoms with E-state index in [9.17, 15) is 0 Å². The fourth-order valence-electron chi connectivity index (χ4n) is 4.36. The first kappa shape index (κ1) is 18.5. The number of pyridine rings is 1. The van der Waals surface area contributed by atoms with E-state index in [1.165, 1.54) is 13.0 Å². The highest BCUT2D eigenvalue weighted by Crippen LogP contribution is 2.27. The SMILES string of the molecule is c1cncc(-c2nc(NC3CCN(CC4CCOC4)CC3)c3ccccc3n2)c1. The van der Waals surface area contributed by atoms with E-state index in [4.69, 9.17) is 14.7 Å². The zero-order valence-corrected chi connectivity index (χ0v) is 16.6. The maximum atomic E-state index is 5.53. The zero-order valence-electron chi connectivity index (χ0n) is 16.6. The van der Waals surface area contributed by atoms with Crippen molar-refractivity contribution >= 4 is 16.7 Å². The van der Waals surface area contributed by atoms with Crippen molar-refractivity contribution < 1.29 is 4.74 Å². The van der Waals surface area contributed by atoms with Crippen LogP contribution in [-0.2, 0) is 4.74 Å². The summed E-state index contributed by atoms with van der Waals surface area (Å²) in [6.45, 7) is 5.30. The van der Waals surface area contributed by atoms with E-state index in [-0.39, 0.29) is 0 Å². The third kappa shape index (κ3) is 4.23. The minimum atomic E-state index is 0.436. The van der Waals surface area contributed by atoms with E-state index in [1.54, 1.807) is 6.20 Å². The zero-order chi connectivity index (χ0) is 19.5. The molecular formula is C23H27N5O. The number of para-hydroxylation sites is 1. The van der Waals surface area contributed by atoms with Gasteiger partial charge in [0.15, 0.2) is 5.82 Å². The average molecular weight is 390 g/mol. The second-order valence-electron chi connectivity index (χ2n) is 8.10. The number of hydrogen-bond donors (Lipinski definition) is 1. The van der Waals surface area contributed by atoms with Crippen LogP contribution in [0.5, 0.6) is 0 Å². The van der Waals surface area contributed by atoms with Crippen LogP contribution in [0.15, 0.2) is 48.8 Å². The largest absolute Gasteiger partial charge is 0.381 e. The first-order valence-electron chi connectivity index (χ1n) is 10.6. The third-order valence-corrected chi connectivity index (χ3v) is 5.99. The molecule has 0 bridgehead atoms. The van der Waals surface area contributed by atoms with Crippen molar-refractivity contribution in [3.8, 4) is 11.4 Å². The molecule has 6 nitrogen and oxygen atoms in total. The van der Waals surface area contributed by atoms with Gasteiger partial charge in [-0.15, -0.1) is 0 Å². The predicted octanol–water partition coefficient (Wildman–Crippen LogP) is 3.60. The van der Waals surface area contributed by atoms with Crippen LogP contribution in [0.1, 0.15) is 19.3 Å². The van der Waals surface area contributed by atoms with Gasteiger partial charge in [-0.2, -0.15) is 0 Å². The predicted molar refractivity (Wildman–Crippen MR) is 115 cm³/mol. The second kappa shape index (κ2) is 8.43. The number of rotatable bonds is 5. The summed E-state index contributed by atoms with van der Waals surface area (Å²) in [5, 5.41) is 4.80. The molecule has 0 saturated carbocycles. The Labute approximate surface area is 171 Å². The van der Waals surface area contributed by atoms with Crippen LogP contribution < -0.4 is 5.32 Å². The van der Waals surface area contributed by atoms with Gasteiger partial charge in [-0.25, -0.2) is 9.97 Å². The highest BCUT2D eigenvalue weighted by Gasteiger charge is 2.24. The molecule has 0 spiro atoms. The van der Waals surface area contributed by atoms with Crippen LogP contribution in [0.25, 0.3) is 22.3 Å². The normalized spacial score (nSPS) is 20.9. The number of ether oxygens (including phenoxy) is 1. The molecular weight excluding hydrogens is 362 g/mol. The van der Waals surface area contributed by atoms with Crippen LogP contribution in [0.2, 0.25) is 0 Å². The van der Waals surface area contributed by atoms with Crippen LogP contribution in [-0.4, -0.2) is 58.7 Å². The fourth-order valence-corrected chi connectivity index (χ4v) is 4.36. The number of benzene rings is 1. The Balaban J connectivity index is 1.32. The lowest BCUT2D eigenvalue weighted by Gasteiger charge is -2.34. The monoisotopic (exact) mass is 389 g/mol. The maximum absolute atomic E-state index is 5.53. The number of hydrogen-bond acceptors (Lipinski definition) is 6. The Bertz CT molecular complexity index is 950. The number of anilines is 1. The summed E-state index contributed by atoms with van der Waals surface area (Å²) in [4.78, 5) is 16.4. The van der Waals surface area contributed by atoms with E-state index in [1.807, 2.05) is 36.5 Å². The van der Waals surface area contributed by atoms with Gasteiger partial charge in [-0.3, -0.25) is 4.98 Å². The molecule has 0 aliphatic carbocycles. The first-order valence-corrected chi connectivity index (χ1v) is 10.6. The molecule has 4 heterocycles. The molecule has 1 atom stereocenters. The highest BCUT2D eigenvalue weighted by atomic mass is 16.5. The fraction of sp³-hybridized carbons (Fsp3) is 0.435. The third-order valence-electron chi connectivity index (χ3n) is 5.99. The molecule has 29 heavy (non-hydrogen) atoms. The van der Waals surface area contributed by atoms with Crippen LogP contribution in [0, 0.1) is 5.92 Å². The minimum Gasteiger partial charge on any atom is -0.381 e. The van der Waals surface area contributed by atoms with E-state index in [0.717, 1.165) is 67.3 Å². The van der Waals surface area contributed by atoms with Gasteiger partial charge in [0, 0.05) is 55.6 Å². The highest BCUT2D eigenvalue weighted by molar-refractivity contribution is 5.90. The summed E-state index contributed by atoms with van der Waals surface area (Å²) in [6.07, 6.45) is 7.07. The Morgan fingerprint density at radius 3 is 2.72 bits per heavy atom. The van der Waals surface area contributed by atoms with Crippen LogP contribution in [0.4, 0.5) is 5.82 Å². The summed E-state index contributed by atoms with van der Waals surface area (Å²) in [6, 6.07) is 12.6. The molecule has 6 heteroatoms. The molecule has 150 valence electrons. The molecule has 2 aromatic heterocycles. The van der Waals surface area contributed by atoms with E-state index in [2.05, 4.69) is 21.3 Å². The average Bonchev–Trinajstić information content (AvgIpc) is 3.29. The van der Waals surface area contributed by atoms with Crippen molar-refractivity contribution in [1.29, 1.82) is 0 Å². The molecule has 1 aromatic carbocycles. The van der Waals surface area contributed by atoms with Crippen molar-refractivity contribution in [1.82, 2.24) is 19.9 Å². The molecule has 3 aromatic rings. The van der Waals surface area contributed by atoms with Crippen molar-refractivity contribution in [3.05, 3.63) is 48.8 Å². The summed E-state index contributed by atoms with van der Waals surface area (Å²) in [5.41, 5.74) is 1.90. The van der Waals surface area contributed by atoms with Crippen molar-refractivity contribution in [3.63, 3.8) is 0 Å². The summed E-state index contributed by atoms with van der Waals surface area (Å²) in [5.74, 6) is 2.36. The van der Waals surface area contributed by atoms with Gasteiger partial charge in [0.1, 0.15) is 5.82 Å². The van der Waals surface area contributed by atoms with E-state index in [0.29, 0.717) is 12.0 Å². The van der Waals surface area contributed by atoms with Gasteiger partial charge in [-0.1, -0.05) is 12.1 Å². The second-order valence-corrected chi connectivity index (χ2v) is 8.10. The number of nitrogens with zero attached hydrogens (tertiary/aromatic N) is 4. The van der Waals surface area contributed by atoms with Gasteiger partial charge in [0.2, 0.25) is 0 Å². The molecule has 2 fully saturated rings. The van der Waals surface area contributed by atoms with Crippen molar-refractivity contribution in [2.75, 3.05) is 38.2 Å². The number of aromatic nitrogens is 3. The Kier molecular flexibility index (Phi) is 5.37. The van der Waals surface area contributed by atoms with Gasteiger partial charge in [0.05, 0.1) is 12.1 Å². The summed E-state index contributed by atoms with van der Waals surface area (Å²) in [7, 11) is 0. The Morgan fingerprint density at radius 2 is 1.93 bits per heavy atom. The van der Waals surface area contributed by atoms with Gasteiger partial charge < -0.3 is 15.0 Å². The van der Waals surface area contributed by atoms with Crippen LogP contribution in [0.3, 0.4) is 0 Å². The molecule has 2 aliphatic heterocycles. The molecule has 0 radical (unpaired) electrons. The molecule has 2 aliphatic rings. The lowest BCUT2D eigenvalue weighted by atomic mass is 10.0. The van der Waals surface area contributed by atoms with Gasteiger partial charge in [-0.05, 0) is 49.4 Å². The smallest absolute Gasteiger partial charge is 0.163 e. The quantitative estimate of drug-likeness (QED) is 0.719. The Hall–Kier alpha value is -2.57. The molecule has 0 amide bonds. The lowest BCUT2D eigenvalue weighted by Crippen LogP contribution is -2.41. The van der Waals surface area contributed by atoms with E-state index < -0.39 is 0 Å². The number of piperidine rings is 1. The molecule has 2 saturated heterocycles. The number of fused-ring (bicyclic) bond motifs is 1.